The highest BCUT2D eigenvalue weighted by atomic mass is 15.1. The molecular weight excluding hydrogens is 230 g/mol. The summed E-state index contributed by atoms with van der Waals surface area (Å²) in [5.74, 6) is 1.27. The highest BCUT2D eigenvalue weighted by molar-refractivity contribution is 5.17. The van der Waals surface area contributed by atoms with Gasteiger partial charge >= 0.3 is 0 Å². The van der Waals surface area contributed by atoms with Crippen molar-refractivity contribution in [2.24, 2.45) is 0 Å². The monoisotopic (exact) mass is 239 g/mol. The van der Waals surface area contributed by atoms with E-state index in [0.29, 0.717) is 18.8 Å². The molecule has 2 aromatic rings. The first-order valence-corrected chi connectivity index (χ1v) is 5.26. The van der Waals surface area contributed by atoms with Gasteiger partial charge in [-0.3, -0.25) is 0 Å². The van der Waals surface area contributed by atoms with Crippen LogP contribution in [0.1, 0.15) is 23.3 Å². The lowest BCUT2D eigenvalue weighted by Crippen LogP contribution is -2.08. The minimum absolute atomic E-state index is 0.0288. The van der Waals surface area contributed by atoms with Crippen molar-refractivity contribution in [1.82, 2.24) is 24.5 Å². The molecular formula is C11H9N7. The van der Waals surface area contributed by atoms with E-state index in [1.165, 1.54) is 0 Å². The van der Waals surface area contributed by atoms with Crippen LogP contribution in [0.15, 0.2) is 12.4 Å². The average molecular weight is 239 g/mol. The number of aromatic nitrogens is 5. The predicted molar refractivity (Wildman–Crippen MR) is 59.9 cm³/mol. The molecule has 0 aliphatic rings. The van der Waals surface area contributed by atoms with Crippen LogP contribution in [0.5, 0.6) is 0 Å². The van der Waals surface area contributed by atoms with Gasteiger partial charge in [0.25, 0.3) is 0 Å². The zero-order valence-electron chi connectivity index (χ0n) is 9.70. The van der Waals surface area contributed by atoms with Crippen LogP contribution < -0.4 is 0 Å². The number of hydrogen-bond donors (Lipinski definition) is 0. The normalized spacial score (nSPS) is 9.72. The summed E-state index contributed by atoms with van der Waals surface area (Å²) in [5.41, 5.74) is 0. The summed E-state index contributed by atoms with van der Waals surface area (Å²) >= 11 is 0. The second-order valence-electron chi connectivity index (χ2n) is 3.54. The highest BCUT2D eigenvalue weighted by Crippen LogP contribution is 2.01. The Balaban J connectivity index is 2.17. The van der Waals surface area contributed by atoms with Crippen molar-refractivity contribution >= 4 is 0 Å². The first-order valence-electron chi connectivity index (χ1n) is 5.26. The van der Waals surface area contributed by atoms with E-state index in [2.05, 4.69) is 19.9 Å². The number of nitriles is 2. The van der Waals surface area contributed by atoms with Crippen LogP contribution in [0.3, 0.4) is 0 Å². The predicted octanol–water partition coefficient (Wildman–Crippen LogP) is 0.363. The molecule has 0 spiro atoms. The Kier molecular flexibility index (Phi) is 3.26. The SMILES string of the molecule is Cc1nccn1CCc1nc(C#N)nc(C#N)n1. The van der Waals surface area contributed by atoms with Crippen molar-refractivity contribution in [3.63, 3.8) is 0 Å². The Labute approximate surface area is 103 Å². The van der Waals surface area contributed by atoms with Gasteiger partial charge in [-0.05, 0) is 6.92 Å². The number of nitrogens with zero attached hydrogens (tertiary/aromatic N) is 7. The molecule has 0 aliphatic heterocycles. The zero-order chi connectivity index (χ0) is 13.0. The Hall–Kier alpha value is -2.80. The van der Waals surface area contributed by atoms with E-state index in [1.54, 1.807) is 6.20 Å². The van der Waals surface area contributed by atoms with Gasteiger partial charge in [-0.1, -0.05) is 0 Å². The standard InChI is InChI=1S/C11H9N7/c1-8-14-3-5-18(8)4-2-9-15-10(6-12)17-11(7-13)16-9/h3,5H,2,4H2,1H3. The van der Waals surface area contributed by atoms with Crippen molar-refractivity contribution in [2.75, 3.05) is 0 Å². The maximum Gasteiger partial charge on any atom is 0.236 e. The highest BCUT2D eigenvalue weighted by Gasteiger charge is 2.06. The minimum Gasteiger partial charge on any atom is -0.335 e. The van der Waals surface area contributed by atoms with Crippen molar-refractivity contribution in [3.8, 4) is 12.1 Å². The quantitative estimate of drug-likeness (QED) is 0.766. The van der Waals surface area contributed by atoms with Crippen molar-refractivity contribution in [2.45, 2.75) is 19.9 Å². The van der Waals surface area contributed by atoms with Gasteiger partial charge < -0.3 is 4.57 Å². The summed E-state index contributed by atoms with van der Waals surface area (Å²) in [7, 11) is 0. The smallest absolute Gasteiger partial charge is 0.236 e. The molecule has 0 aromatic carbocycles. The second kappa shape index (κ2) is 5.02. The average Bonchev–Trinajstić information content (AvgIpc) is 2.81. The molecule has 0 amide bonds. The summed E-state index contributed by atoms with van der Waals surface area (Å²) in [4.78, 5) is 15.7. The van der Waals surface area contributed by atoms with Crippen molar-refractivity contribution in [3.05, 3.63) is 35.7 Å². The van der Waals surface area contributed by atoms with E-state index < -0.39 is 0 Å². The van der Waals surface area contributed by atoms with Crippen LogP contribution in [-0.2, 0) is 13.0 Å². The van der Waals surface area contributed by atoms with Gasteiger partial charge in [-0.15, -0.1) is 0 Å². The molecule has 7 heteroatoms. The van der Waals surface area contributed by atoms with E-state index in [9.17, 15) is 0 Å². The molecule has 0 radical (unpaired) electrons. The van der Waals surface area contributed by atoms with Crippen LogP contribution in [0.4, 0.5) is 0 Å². The van der Waals surface area contributed by atoms with Crippen LogP contribution in [-0.4, -0.2) is 24.5 Å². The lowest BCUT2D eigenvalue weighted by molar-refractivity contribution is 0.647. The van der Waals surface area contributed by atoms with Gasteiger partial charge in [-0.25, -0.2) is 15.0 Å². The lowest BCUT2D eigenvalue weighted by atomic mass is 10.4. The molecule has 88 valence electrons. The Morgan fingerprint density at radius 3 is 2.33 bits per heavy atom. The Morgan fingerprint density at radius 2 is 1.83 bits per heavy atom. The van der Waals surface area contributed by atoms with E-state index in [4.69, 9.17) is 10.5 Å². The molecule has 0 N–H and O–H groups in total. The maximum absolute atomic E-state index is 8.75. The Morgan fingerprint density at radius 1 is 1.17 bits per heavy atom. The van der Waals surface area contributed by atoms with Crippen LogP contribution in [0.25, 0.3) is 0 Å². The fourth-order valence-corrected chi connectivity index (χ4v) is 1.49. The van der Waals surface area contributed by atoms with Gasteiger partial charge in [0.05, 0.1) is 0 Å². The van der Waals surface area contributed by atoms with Gasteiger partial charge in [0, 0.05) is 25.4 Å². The summed E-state index contributed by atoms with van der Waals surface area (Å²) in [6, 6.07) is 3.63. The first-order chi connectivity index (χ1) is 8.72. The Bertz CT molecular complexity index is 612. The zero-order valence-corrected chi connectivity index (χ0v) is 9.70. The molecule has 18 heavy (non-hydrogen) atoms. The second-order valence-corrected chi connectivity index (χ2v) is 3.54. The summed E-state index contributed by atoms with van der Waals surface area (Å²) < 4.78 is 1.95. The number of hydrogen-bond acceptors (Lipinski definition) is 6. The molecule has 0 unspecified atom stereocenters. The molecule has 2 heterocycles. The summed E-state index contributed by atoms with van der Waals surface area (Å²) in [6.07, 6.45) is 4.08. The third-order valence-electron chi connectivity index (χ3n) is 2.38. The van der Waals surface area contributed by atoms with Gasteiger partial charge in [0.15, 0.2) is 0 Å². The van der Waals surface area contributed by atoms with E-state index in [0.717, 1.165) is 5.82 Å². The largest absolute Gasteiger partial charge is 0.335 e. The third-order valence-corrected chi connectivity index (χ3v) is 2.38. The number of imidazole rings is 1. The number of rotatable bonds is 3. The molecule has 7 nitrogen and oxygen atoms in total. The van der Waals surface area contributed by atoms with Gasteiger partial charge in [-0.2, -0.15) is 15.5 Å². The van der Waals surface area contributed by atoms with E-state index in [1.807, 2.05) is 29.8 Å². The fraction of sp³-hybridized carbons (Fsp3) is 0.273. The molecule has 0 fully saturated rings. The lowest BCUT2D eigenvalue weighted by Gasteiger charge is -2.04. The number of aryl methyl sites for hydroxylation is 3. The molecule has 2 aromatic heterocycles. The molecule has 0 bridgehead atoms. The van der Waals surface area contributed by atoms with Crippen LogP contribution in [0, 0.1) is 29.6 Å². The summed E-state index contributed by atoms with van der Waals surface area (Å²) in [6.45, 7) is 2.54. The maximum atomic E-state index is 8.75. The molecule has 0 saturated carbocycles. The minimum atomic E-state index is -0.0288. The summed E-state index contributed by atoms with van der Waals surface area (Å²) in [5, 5.41) is 17.5. The topological polar surface area (TPSA) is 104 Å². The first kappa shape index (κ1) is 11.7. The third kappa shape index (κ3) is 2.47. The van der Waals surface area contributed by atoms with Crippen molar-refractivity contribution in [1.29, 1.82) is 10.5 Å². The van der Waals surface area contributed by atoms with Crippen LogP contribution >= 0.6 is 0 Å². The van der Waals surface area contributed by atoms with E-state index >= 15 is 0 Å². The molecule has 0 saturated heterocycles. The van der Waals surface area contributed by atoms with Gasteiger partial charge in [0.1, 0.15) is 23.8 Å². The molecule has 0 aliphatic carbocycles. The van der Waals surface area contributed by atoms with Gasteiger partial charge in [0.2, 0.25) is 11.6 Å². The van der Waals surface area contributed by atoms with E-state index in [-0.39, 0.29) is 11.6 Å². The van der Waals surface area contributed by atoms with Crippen LogP contribution in [0.2, 0.25) is 0 Å². The molecule has 2 rings (SSSR count). The van der Waals surface area contributed by atoms with Crippen molar-refractivity contribution < 1.29 is 0 Å². The fourth-order valence-electron chi connectivity index (χ4n) is 1.49. The molecule has 0 atom stereocenters.